The summed E-state index contributed by atoms with van der Waals surface area (Å²) in [6, 6.07) is 4.64. The molecule has 19 heavy (non-hydrogen) atoms. The van der Waals surface area contributed by atoms with Gasteiger partial charge in [0.2, 0.25) is 0 Å². The summed E-state index contributed by atoms with van der Waals surface area (Å²) in [4.78, 5) is 0. The van der Waals surface area contributed by atoms with E-state index in [0.717, 1.165) is 37.4 Å². The number of nitrogens with two attached hydrogens (primary N) is 1. The maximum Gasteiger partial charge on any atom is 0.123 e. The van der Waals surface area contributed by atoms with Crippen LogP contribution >= 0.6 is 0 Å². The molecule has 0 saturated carbocycles. The van der Waals surface area contributed by atoms with Crippen LogP contribution in [0.2, 0.25) is 0 Å². The Kier molecular flexibility index (Phi) is 5.16. The second-order valence-electron chi connectivity index (χ2n) is 5.30. The number of rotatable bonds is 5. The molecule has 4 heteroatoms. The van der Waals surface area contributed by atoms with E-state index in [9.17, 15) is 4.39 Å². The van der Waals surface area contributed by atoms with Gasteiger partial charge in [0.25, 0.3) is 0 Å². The molecule has 1 atom stereocenters. The van der Waals surface area contributed by atoms with Crippen LogP contribution in [-0.4, -0.2) is 25.9 Å². The molecule has 0 spiro atoms. The molecule has 1 aliphatic heterocycles. The molecule has 0 aromatic heterocycles. The maximum atomic E-state index is 13.3. The Morgan fingerprint density at radius 1 is 1.42 bits per heavy atom. The van der Waals surface area contributed by atoms with Crippen molar-refractivity contribution in [1.29, 1.82) is 0 Å². The highest BCUT2D eigenvalue weighted by molar-refractivity contribution is 5.34. The molecule has 1 fully saturated rings. The van der Waals surface area contributed by atoms with Gasteiger partial charge in [0.1, 0.15) is 11.6 Å². The summed E-state index contributed by atoms with van der Waals surface area (Å²) < 4.78 is 24.5. The first-order valence-electron chi connectivity index (χ1n) is 6.89. The Bertz CT molecular complexity index is 403. The number of ether oxygens (including phenoxy) is 2. The highest BCUT2D eigenvalue weighted by Gasteiger charge is 2.15. The average Bonchev–Trinajstić information content (AvgIpc) is 2.38. The van der Waals surface area contributed by atoms with E-state index in [1.807, 2.05) is 6.92 Å². The molecule has 3 nitrogen and oxygen atoms in total. The molecule has 106 valence electrons. The van der Waals surface area contributed by atoms with Gasteiger partial charge in [-0.3, -0.25) is 0 Å². The van der Waals surface area contributed by atoms with Gasteiger partial charge in [-0.05, 0) is 55.9 Å². The summed E-state index contributed by atoms with van der Waals surface area (Å²) in [7, 11) is 0. The molecule has 0 radical (unpaired) electrons. The van der Waals surface area contributed by atoms with Crippen LogP contribution in [0.4, 0.5) is 4.39 Å². The molecule has 2 N–H and O–H groups in total. The zero-order valence-electron chi connectivity index (χ0n) is 11.4. The lowest BCUT2D eigenvalue weighted by molar-refractivity contribution is 0.0496. The van der Waals surface area contributed by atoms with Gasteiger partial charge in [0.05, 0.1) is 6.61 Å². The van der Waals surface area contributed by atoms with Crippen molar-refractivity contribution in [3.05, 3.63) is 29.6 Å². The molecule has 1 unspecified atom stereocenters. The van der Waals surface area contributed by atoms with Crippen molar-refractivity contribution < 1.29 is 13.9 Å². The van der Waals surface area contributed by atoms with Gasteiger partial charge in [-0.25, -0.2) is 4.39 Å². The van der Waals surface area contributed by atoms with E-state index >= 15 is 0 Å². The van der Waals surface area contributed by atoms with Crippen molar-refractivity contribution in [2.75, 3.05) is 19.8 Å². The minimum absolute atomic E-state index is 0.00719. The first-order chi connectivity index (χ1) is 9.15. The Hall–Kier alpha value is -1.13. The van der Waals surface area contributed by atoms with Gasteiger partial charge >= 0.3 is 0 Å². The van der Waals surface area contributed by atoms with Crippen LogP contribution in [0.15, 0.2) is 18.2 Å². The lowest BCUT2D eigenvalue weighted by Gasteiger charge is -2.23. The standard InChI is InChI=1S/C15H22FNO2/c1-11(17)8-13-9-14(16)2-3-15(13)19-10-12-4-6-18-7-5-12/h2-3,9,11-12H,4-8,10,17H2,1H3. The summed E-state index contributed by atoms with van der Waals surface area (Å²) in [5, 5.41) is 0. The van der Waals surface area contributed by atoms with E-state index < -0.39 is 0 Å². The summed E-state index contributed by atoms with van der Waals surface area (Å²) in [6.07, 6.45) is 2.69. The monoisotopic (exact) mass is 267 g/mol. The first-order valence-corrected chi connectivity index (χ1v) is 6.89. The highest BCUT2D eigenvalue weighted by atomic mass is 19.1. The Morgan fingerprint density at radius 2 is 2.16 bits per heavy atom. The predicted octanol–water partition coefficient (Wildman–Crippen LogP) is 2.52. The molecule has 1 aromatic rings. The molecular formula is C15H22FNO2. The van der Waals surface area contributed by atoms with E-state index in [2.05, 4.69) is 0 Å². The van der Waals surface area contributed by atoms with Crippen molar-refractivity contribution in [1.82, 2.24) is 0 Å². The SMILES string of the molecule is CC(N)Cc1cc(F)ccc1OCC1CCOCC1. The first kappa shape index (κ1) is 14.3. The maximum absolute atomic E-state index is 13.3. The van der Waals surface area contributed by atoms with Gasteiger partial charge < -0.3 is 15.2 Å². The van der Waals surface area contributed by atoms with E-state index in [0.29, 0.717) is 18.9 Å². The van der Waals surface area contributed by atoms with Gasteiger partial charge in [0.15, 0.2) is 0 Å². The second kappa shape index (κ2) is 6.87. The van der Waals surface area contributed by atoms with Gasteiger partial charge in [0, 0.05) is 19.3 Å². The normalized spacial score (nSPS) is 18.3. The summed E-state index contributed by atoms with van der Waals surface area (Å²) in [5.74, 6) is 1.04. The zero-order chi connectivity index (χ0) is 13.7. The van der Waals surface area contributed by atoms with Crippen molar-refractivity contribution >= 4 is 0 Å². The number of hydrogen-bond acceptors (Lipinski definition) is 3. The molecule has 1 saturated heterocycles. The Labute approximate surface area is 113 Å². The van der Waals surface area contributed by atoms with Crippen LogP contribution < -0.4 is 10.5 Å². The van der Waals surface area contributed by atoms with E-state index in [-0.39, 0.29) is 11.9 Å². The van der Waals surface area contributed by atoms with Crippen LogP contribution in [0.1, 0.15) is 25.3 Å². The fourth-order valence-electron chi connectivity index (χ4n) is 2.32. The lowest BCUT2D eigenvalue weighted by Crippen LogP contribution is -2.22. The fourth-order valence-corrected chi connectivity index (χ4v) is 2.32. The average molecular weight is 267 g/mol. The quantitative estimate of drug-likeness (QED) is 0.891. The van der Waals surface area contributed by atoms with Gasteiger partial charge in [-0.15, -0.1) is 0 Å². The predicted molar refractivity (Wildman–Crippen MR) is 72.8 cm³/mol. The second-order valence-corrected chi connectivity index (χ2v) is 5.30. The third kappa shape index (κ3) is 4.48. The van der Waals surface area contributed by atoms with E-state index in [1.165, 1.54) is 12.1 Å². The lowest BCUT2D eigenvalue weighted by atomic mass is 10.0. The Balaban J connectivity index is 1.97. The van der Waals surface area contributed by atoms with Gasteiger partial charge in [-0.2, -0.15) is 0 Å². The number of halogens is 1. The molecule has 1 aliphatic rings. The van der Waals surface area contributed by atoms with Crippen LogP contribution in [-0.2, 0) is 11.2 Å². The Morgan fingerprint density at radius 3 is 2.84 bits per heavy atom. The van der Waals surface area contributed by atoms with Crippen LogP contribution in [0.3, 0.4) is 0 Å². The minimum Gasteiger partial charge on any atom is -0.493 e. The smallest absolute Gasteiger partial charge is 0.123 e. The van der Waals surface area contributed by atoms with Crippen LogP contribution in [0.25, 0.3) is 0 Å². The molecule has 0 bridgehead atoms. The third-order valence-corrected chi connectivity index (χ3v) is 3.38. The third-order valence-electron chi connectivity index (χ3n) is 3.38. The topological polar surface area (TPSA) is 44.5 Å². The molecule has 0 amide bonds. The van der Waals surface area contributed by atoms with Crippen LogP contribution in [0, 0.1) is 11.7 Å². The van der Waals surface area contributed by atoms with Gasteiger partial charge in [-0.1, -0.05) is 0 Å². The van der Waals surface area contributed by atoms with Crippen molar-refractivity contribution in [3.63, 3.8) is 0 Å². The molecule has 1 heterocycles. The minimum atomic E-state index is -0.242. The van der Waals surface area contributed by atoms with Crippen LogP contribution in [0.5, 0.6) is 5.75 Å². The van der Waals surface area contributed by atoms with E-state index in [1.54, 1.807) is 6.07 Å². The molecular weight excluding hydrogens is 245 g/mol. The molecule has 1 aromatic carbocycles. The summed E-state index contributed by atoms with van der Waals surface area (Å²) >= 11 is 0. The van der Waals surface area contributed by atoms with E-state index in [4.69, 9.17) is 15.2 Å². The number of benzene rings is 1. The van der Waals surface area contributed by atoms with Crippen molar-refractivity contribution in [3.8, 4) is 5.75 Å². The largest absolute Gasteiger partial charge is 0.493 e. The molecule has 2 rings (SSSR count). The van der Waals surface area contributed by atoms with Crippen molar-refractivity contribution in [2.24, 2.45) is 11.7 Å². The fraction of sp³-hybridized carbons (Fsp3) is 0.600. The molecule has 0 aliphatic carbocycles. The van der Waals surface area contributed by atoms with Crippen molar-refractivity contribution in [2.45, 2.75) is 32.2 Å². The highest BCUT2D eigenvalue weighted by Crippen LogP contribution is 2.23. The summed E-state index contributed by atoms with van der Waals surface area (Å²) in [5.41, 5.74) is 6.64. The zero-order valence-corrected chi connectivity index (χ0v) is 11.4. The summed E-state index contributed by atoms with van der Waals surface area (Å²) in [6.45, 7) is 4.20. The number of hydrogen-bond donors (Lipinski definition) is 1.